The minimum absolute atomic E-state index is 0.133. The Kier molecular flexibility index (Phi) is 1.45. The maximum Gasteiger partial charge on any atom is 0.326 e. The number of halogens is 1. The van der Waals surface area contributed by atoms with Crippen molar-refractivity contribution in [3.8, 4) is 0 Å². The van der Waals surface area contributed by atoms with E-state index in [1.807, 2.05) is 0 Å². The van der Waals surface area contributed by atoms with E-state index in [1.165, 1.54) is 0 Å². The van der Waals surface area contributed by atoms with Crippen LogP contribution in [0.4, 0.5) is 0 Å². The van der Waals surface area contributed by atoms with Crippen LogP contribution in [0.5, 0.6) is 0 Å². The van der Waals surface area contributed by atoms with Gasteiger partial charge in [-0.15, -0.1) is 0 Å². The summed E-state index contributed by atoms with van der Waals surface area (Å²) in [6, 6.07) is 0. The summed E-state index contributed by atoms with van der Waals surface area (Å²) in [5.74, 6) is -1.34. The molecule has 1 saturated carbocycles. The van der Waals surface area contributed by atoms with Crippen molar-refractivity contribution < 1.29 is 18.3 Å². The Labute approximate surface area is 62.2 Å². The molecule has 0 unspecified atom stereocenters. The van der Waals surface area contributed by atoms with Gasteiger partial charge in [-0.1, -0.05) is 0 Å². The molecule has 0 radical (unpaired) electrons. The van der Waals surface area contributed by atoms with E-state index in [0.717, 1.165) is 0 Å². The quantitative estimate of drug-likeness (QED) is 0.622. The van der Waals surface area contributed by atoms with Crippen molar-refractivity contribution in [2.75, 3.05) is 0 Å². The zero-order chi connectivity index (χ0) is 7.99. The number of hydrogen-bond acceptors (Lipinski definition) is 3. The van der Waals surface area contributed by atoms with Crippen molar-refractivity contribution in [3.05, 3.63) is 0 Å². The summed E-state index contributed by atoms with van der Waals surface area (Å²) in [6.07, 6.45) is 0.266. The molecule has 0 saturated heterocycles. The lowest BCUT2D eigenvalue weighted by atomic mass is 10.4. The molecular formula is C4H5ClO4S. The molecule has 0 aliphatic heterocycles. The predicted molar refractivity (Wildman–Crippen MR) is 34.4 cm³/mol. The molecule has 0 amide bonds. The van der Waals surface area contributed by atoms with E-state index in [0.29, 0.717) is 0 Å². The topological polar surface area (TPSA) is 71.4 Å². The largest absolute Gasteiger partial charge is 0.480 e. The number of carboxylic acid groups (broad SMARTS) is 1. The molecule has 1 N–H and O–H groups in total. The third-order valence-electron chi connectivity index (χ3n) is 1.56. The summed E-state index contributed by atoms with van der Waals surface area (Å²) in [4.78, 5) is 10.3. The summed E-state index contributed by atoms with van der Waals surface area (Å²) in [7, 11) is 0.956. The Bertz CT molecular complexity index is 263. The smallest absolute Gasteiger partial charge is 0.326 e. The van der Waals surface area contributed by atoms with E-state index in [9.17, 15) is 13.2 Å². The van der Waals surface area contributed by atoms with E-state index in [2.05, 4.69) is 0 Å². The molecule has 6 heteroatoms. The maximum absolute atomic E-state index is 10.5. The first kappa shape index (κ1) is 7.81. The molecule has 4 nitrogen and oxygen atoms in total. The lowest BCUT2D eigenvalue weighted by Crippen LogP contribution is -2.28. The Morgan fingerprint density at radius 2 is 1.90 bits per heavy atom. The van der Waals surface area contributed by atoms with Crippen molar-refractivity contribution in [1.29, 1.82) is 0 Å². The number of carbonyl (C=O) groups is 1. The summed E-state index contributed by atoms with van der Waals surface area (Å²) in [5, 5.41) is 8.38. The molecule has 1 fully saturated rings. The van der Waals surface area contributed by atoms with Crippen molar-refractivity contribution in [3.63, 3.8) is 0 Å². The van der Waals surface area contributed by atoms with Crippen LogP contribution < -0.4 is 0 Å². The number of carboxylic acids is 1. The zero-order valence-electron chi connectivity index (χ0n) is 4.87. The molecule has 0 aromatic rings. The molecule has 0 aromatic carbocycles. The molecule has 58 valence electrons. The third-order valence-corrected chi connectivity index (χ3v) is 3.96. The van der Waals surface area contributed by atoms with E-state index in [-0.39, 0.29) is 12.8 Å². The van der Waals surface area contributed by atoms with Gasteiger partial charge in [0.15, 0.2) is 4.75 Å². The van der Waals surface area contributed by atoms with Gasteiger partial charge in [-0.05, 0) is 12.8 Å². The lowest BCUT2D eigenvalue weighted by Gasteiger charge is -2.01. The van der Waals surface area contributed by atoms with Gasteiger partial charge >= 0.3 is 5.97 Å². The van der Waals surface area contributed by atoms with Gasteiger partial charge in [-0.25, -0.2) is 8.42 Å². The summed E-state index contributed by atoms with van der Waals surface area (Å²) in [5.41, 5.74) is 0. The molecule has 0 aromatic heterocycles. The van der Waals surface area contributed by atoms with E-state index in [4.69, 9.17) is 15.8 Å². The van der Waals surface area contributed by atoms with Crippen molar-refractivity contribution in [2.45, 2.75) is 17.6 Å². The van der Waals surface area contributed by atoms with Crippen molar-refractivity contribution in [2.24, 2.45) is 0 Å². The van der Waals surface area contributed by atoms with Gasteiger partial charge in [0.05, 0.1) is 0 Å². The number of hydrogen-bond donors (Lipinski definition) is 1. The van der Waals surface area contributed by atoms with Gasteiger partial charge in [0.25, 0.3) is 0 Å². The maximum atomic E-state index is 10.5. The average Bonchev–Trinajstić information content (AvgIpc) is 2.36. The standard InChI is InChI=1S/C4H5ClO4S/c5-10(8,9)4(1-2-4)3(6)7/h1-2H2,(H,6,7). The van der Waals surface area contributed by atoms with Crippen LogP contribution in [0, 0.1) is 0 Å². The minimum Gasteiger partial charge on any atom is -0.480 e. The highest BCUT2D eigenvalue weighted by atomic mass is 35.7. The number of aliphatic carboxylic acids is 1. The number of rotatable bonds is 2. The second-order valence-corrected chi connectivity index (χ2v) is 5.11. The lowest BCUT2D eigenvalue weighted by molar-refractivity contribution is -0.137. The van der Waals surface area contributed by atoms with Gasteiger partial charge in [-0.2, -0.15) is 0 Å². The van der Waals surface area contributed by atoms with Crippen LogP contribution in [0.15, 0.2) is 0 Å². The van der Waals surface area contributed by atoms with E-state index < -0.39 is 19.8 Å². The molecule has 1 aliphatic carbocycles. The average molecular weight is 185 g/mol. The molecule has 0 bridgehead atoms. The van der Waals surface area contributed by atoms with Gasteiger partial charge in [0, 0.05) is 10.7 Å². The zero-order valence-corrected chi connectivity index (χ0v) is 6.44. The molecule has 1 rings (SSSR count). The van der Waals surface area contributed by atoms with Crippen molar-refractivity contribution in [1.82, 2.24) is 0 Å². The molecule has 10 heavy (non-hydrogen) atoms. The Balaban J connectivity index is 3.02. The van der Waals surface area contributed by atoms with Crippen LogP contribution in [0.25, 0.3) is 0 Å². The molecule has 1 aliphatic rings. The summed E-state index contributed by atoms with van der Waals surface area (Å²) < 4.78 is 19.4. The fourth-order valence-electron chi connectivity index (χ4n) is 0.676. The molecule has 0 atom stereocenters. The van der Waals surface area contributed by atoms with Crippen LogP contribution in [0.3, 0.4) is 0 Å². The monoisotopic (exact) mass is 184 g/mol. The third kappa shape index (κ3) is 0.894. The Morgan fingerprint density at radius 1 is 1.50 bits per heavy atom. The molecule has 0 heterocycles. The first-order valence-corrected chi connectivity index (χ1v) is 4.89. The minimum atomic E-state index is -3.92. The second-order valence-electron chi connectivity index (χ2n) is 2.24. The molecular weight excluding hydrogens is 180 g/mol. The van der Waals surface area contributed by atoms with Crippen LogP contribution in [-0.2, 0) is 13.8 Å². The fourth-order valence-corrected chi connectivity index (χ4v) is 2.13. The SMILES string of the molecule is O=C(O)C1(S(=O)(=O)Cl)CC1. The van der Waals surface area contributed by atoms with E-state index in [1.54, 1.807) is 0 Å². The summed E-state index contributed by atoms with van der Waals surface area (Å²) in [6.45, 7) is 0. The first-order chi connectivity index (χ1) is 4.40. The highest BCUT2D eigenvalue weighted by Crippen LogP contribution is 2.45. The van der Waals surface area contributed by atoms with Crippen LogP contribution in [0.2, 0.25) is 0 Å². The fraction of sp³-hybridized carbons (Fsp3) is 0.750. The van der Waals surface area contributed by atoms with Crippen LogP contribution in [-0.4, -0.2) is 24.2 Å². The predicted octanol–water partition coefficient (Wildman–Crippen LogP) is 0.172. The molecule has 0 spiro atoms. The van der Waals surface area contributed by atoms with E-state index >= 15 is 0 Å². The van der Waals surface area contributed by atoms with Crippen molar-refractivity contribution >= 4 is 25.7 Å². The second kappa shape index (κ2) is 1.85. The Hall–Kier alpha value is -0.290. The first-order valence-electron chi connectivity index (χ1n) is 2.58. The van der Waals surface area contributed by atoms with Gasteiger partial charge in [0.1, 0.15) is 0 Å². The van der Waals surface area contributed by atoms with Crippen LogP contribution in [0.1, 0.15) is 12.8 Å². The highest BCUT2D eigenvalue weighted by Gasteiger charge is 2.61. The summed E-state index contributed by atoms with van der Waals surface area (Å²) >= 11 is 0. The van der Waals surface area contributed by atoms with Gasteiger partial charge in [-0.3, -0.25) is 4.79 Å². The Morgan fingerprint density at radius 3 is 1.90 bits per heavy atom. The normalized spacial score (nSPS) is 22.1. The van der Waals surface area contributed by atoms with Crippen LogP contribution >= 0.6 is 10.7 Å². The van der Waals surface area contributed by atoms with Gasteiger partial charge < -0.3 is 5.11 Å². The highest BCUT2D eigenvalue weighted by molar-refractivity contribution is 8.15. The van der Waals surface area contributed by atoms with Gasteiger partial charge in [0.2, 0.25) is 9.05 Å².